The molecular formula is C23H21NO3. The molecule has 0 aliphatic carbocycles. The molecule has 4 heteroatoms. The summed E-state index contributed by atoms with van der Waals surface area (Å²) < 4.78 is 4.99. The van der Waals surface area contributed by atoms with Crippen molar-refractivity contribution in [1.82, 2.24) is 0 Å². The maximum absolute atomic E-state index is 12.4. The van der Waals surface area contributed by atoms with E-state index in [0.717, 1.165) is 16.8 Å². The molecule has 1 unspecified atom stereocenters. The Bertz CT molecular complexity index is 857. The van der Waals surface area contributed by atoms with E-state index >= 15 is 0 Å². The highest BCUT2D eigenvalue weighted by molar-refractivity contribution is 5.76. The van der Waals surface area contributed by atoms with Crippen LogP contribution in [-0.2, 0) is 19.9 Å². The van der Waals surface area contributed by atoms with E-state index in [4.69, 9.17) is 9.57 Å². The number of carbonyl (C=O) groups is 1. The zero-order valence-corrected chi connectivity index (χ0v) is 15.1. The molecule has 4 nitrogen and oxygen atoms in total. The average Bonchev–Trinajstić information content (AvgIpc) is 3.17. The van der Waals surface area contributed by atoms with E-state index in [1.807, 2.05) is 71.8 Å². The van der Waals surface area contributed by atoms with Gasteiger partial charge in [0.05, 0.1) is 12.8 Å². The fourth-order valence-corrected chi connectivity index (χ4v) is 3.77. The number of benzene rings is 3. The summed E-state index contributed by atoms with van der Waals surface area (Å²) in [6, 6.07) is 30.2. The van der Waals surface area contributed by atoms with Crippen molar-refractivity contribution in [1.29, 1.82) is 0 Å². The van der Waals surface area contributed by atoms with Gasteiger partial charge in [0.2, 0.25) is 0 Å². The van der Waals surface area contributed by atoms with Crippen molar-refractivity contribution in [2.75, 3.05) is 12.2 Å². The monoisotopic (exact) mass is 359 g/mol. The lowest BCUT2D eigenvalue weighted by molar-refractivity contribution is -0.151. The van der Waals surface area contributed by atoms with Gasteiger partial charge in [-0.2, -0.15) is 0 Å². The largest absolute Gasteiger partial charge is 0.467 e. The van der Waals surface area contributed by atoms with Gasteiger partial charge in [0, 0.05) is 6.42 Å². The average molecular weight is 359 g/mol. The molecule has 1 fully saturated rings. The van der Waals surface area contributed by atoms with Crippen LogP contribution >= 0.6 is 0 Å². The molecule has 27 heavy (non-hydrogen) atoms. The van der Waals surface area contributed by atoms with Gasteiger partial charge in [0.25, 0.3) is 0 Å². The zero-order chi connectivity index (χ0) is 18.7. The van der Waals surface area contributed by atoms with Gasteiger partial charge >= 0.3 is 5.97 Å². The van der Waals surface area contributed by atoms with E-state index in [1.165, 1.54) is 7.11 Å². The number of methoxy groups -OCH3 is 1. The fraction of sp³-hybridized carbons (Fsp3) is 0.174. The summed E-state index contributed by atoms with van der Waals surface area (Å²) in [5, 5.41) is 1.86. The van der Waals surface area contributed by atoms with Crippen molar-refractivity contribution in [2.45, 2.75) is 18.1 Å². The third-order valence-corrected chi connectivity index (χ3v) is 5.02. The minimum absolute atomic E-state index is 0.371. The van der Waals surface area contributed by atoms with Gasteiger partial charge in [0.15, 0.2) is 6.10 Å². The number of hydrogen-bond donors (Lipinski definition) is 0. The molecule has 0 bridgehead atoms. The van der Waals surface area contributed by atoms with Crippen LogP contribution in [0.25, 0.3) is 0 Å². The van der Waals surface area contributed by atoms with Crippen LogP contribution in [0.4, 0.5) is 5.69 Å². The number of ether oxygens (including phenoxy) is 1. The molecule has 3 aromatic carbocycles. The van der Waals surface area contributed by atoms with E-state index in [9.17, 15) is 4.79 Å². The molecule has 1 saturated heterocycles. The molecule has 3 aromatic rings. The van der Waals surface area contributed by atoms with Gasteiger partial charge in [-0.15, -0.1) is 0 Å². The molecule has 0 saturated carbocycles. The summed E-state index contributed by atoms with van der Waals surface area (Å²) in [7, 11) is 1.39. The molecule has 1 heterocycles. The van der Waals surface area contributed by atoms with E-state index in [0.29, 0.717) is 6.42 Å². The Hall–Kier alpha value is -3.11. The molecule has 4 rings (SSSR count). The van der Waals surface area contributed by atoms with Crippen molar-refractivity contribution in [2.24, 2.45) is 0 Å². The SMILES string of the molecule is COC(=O)C1CC(c2ccccc2)(c2ccccc2)N(c2ccccc2)O1. The number of para-hydroxylation sites is 1. The Morgan fingerprint density at radius 2 is 1.37 bits per heavy atom. The lowest BCUT2D eigenvalue weighted by Crippen LogP contribution is -2.41. The van der Waals surface area contributed by atoms with E-state index in [2.05, 4.69) is 24.3 Å². The fourth-order valence-electron chi connectivity index (χ4n) is 3.77. The number of hydroxylamine groups is 1. The Morgan fingerprint density at radius 1 is 0.889 bits per heavy atom. The first-order valence-corrected chi connectivity index (χ1v) is 8.96. The summed E-state index contributed by atoms with van der Waals surface area (Å²) in [4.78, 5) is 18.6. The summed E-state index contributed by atoms with van der Waals surface area (Å²) >= 11 is 0. The summed E-state index contributed by atoms with van der Waals surface area (Å²) in [6.07, 6.45) is -0.224. The maximum Gasteiger partial charge on any atom is 0.337 e. The van der Waals surface area contributed by atoms with Crippen LogP contribution in [0.1, 0.15) is 17.5 Å². The second-order valence-electron chi connectivity index (χ2n) is 6.54. The normalized spacial score (nSPS) is 18.3. The van der Waals surface area contributed by atoms with Crippen molar-refractivity contribution < 1.29 is 14.4 Å². The maximum atomic E-state index is 12.4. The Labute approximate surface area is 158 Å². The number of esters is 1. The molecular weight excluding hydrogens is 338 g/mol. The van der Waals surface area contributed by atoms with Crippen LogP contribution < -0.4 is 5.06 Å². The van der Waals surface area contributed by atoms with E-state index in [-0.39, 0.29) is 5.97 Å². The molecule has 0 amide bonds. The van der Waals surface area contributed by atoms with Crippen LogP contribution in [0.2, 0.25) is 0 Å². The quantitative estimate of drug-likeness (QED) is 0.651. The number of hydrogen-bond acceptors (Lipinski definition) is 4. The van der Waals surface area contributed by atoms with Crippen LogP contribution in [0, 0.1) is 0 Å². The Kier molecular flexibility index (Phi) is 4.65. The topological polar surface area (TPSA) is 38.8 Å². The first-order chi connectivity index (χ1) is 13.3. The predicted octanol–water partition coefficient (Wildman–Crippen LogP) is 4.31. The van der Waals surface area contributed by atoms with E-state index in [1.54, 1.807) is 0 Å². The van der Waals surface area contributed by atoms with Crippen molar-refractivity contribution >= 4 is 11.7 Å². The van der Waals surface area contributed by atoms with Crippen molar-refractivity contribution in [3.8, 4) is 0 Å². The molecule has 0 spiro atoms. The second kappa shape index (κ2) is 7.25. The predicted molar refractivity (Wildman–Crippen MR) is 104 cm³/mol. The smallest absolute Gasteiger partial charge is 0.337 e. The van der Waals surface area contributed by atoms with Crippen LogP contribution in [0.3, 0.4) is 0 Å². The van der Waals surface area contributed by atoms with E-state index < -0.39 is 11.6 Å². The minimum atomic E-state index is -0.685. The summed E-state index contributed by atoms with van der Waals surface area (Å²) in [5.74, 6) is -0.371. The van der Waals surface area contributed by atoms with Crippen molar-refractivity contribution in [3.05, 3.63) is 102 Å². The summed E-state index contributed by atoms with van der Waals surface area (Å²) in [5.41, 5.74) is 2.37. The van der Waals surface area contributed by atoms with Crippen molar-refractivity contribution in [3.63, 3.8) is 0 Å². The van der Waals surface area contributed by atoms with Gasteiger partial charge in [-0.05, 0) is 23.3 Å². The van der Waals surface area contributed by atoms with Gasteiger partial charge in [-0.1, -0.05) is 78.9 Å². The number of anilines is 1. The third-order valence-electron chi connectivity index (χ3n) is 5.02. The highest BCUT2D eigenvalue weighted by Gasteiger charge is 2.52. The molecule has 1 aliphatic rings. The highest BCUT2D eigenvalue weighted by atomic mass is 16.7. The highest BCUT2D eigenvalue weighted by Crippen LogP contribution is 2.48. The third kappa shape index (κ3) is 2.98. The van der Waals surface area contributed by atoms with Gasteiger partial charge in [-0.25, -0.2) is 9.86 Å². The van der Waals surface area contributed by atoms with Gasteiger partial charge in [-0.3, -0.25) is 4.84 Å². The summed E-state index contributed by atoms with van der Waals surface area (Å²) in [6.45, 7) is 0. The lowest BCUT2D eigenvalue weighted by atomic mass is 9.78. The van der Waals surface area contributed by atoms with Gasteiger partial charge in [0.1, 0.15) is 5.54 Å². The standard InChI is InChI=1S/C23H21NO3/c1-26-22(25)21-17-23(18-11-5-2-6-12-18,19-13-7-3-8-14-19)24(27-21)20-15-9-4-10-16-20/h2-16,21H,17H2,1H3. The molecule has 0 aromatic heterocycles. The minimum Gasteiger partial charge on any atom is -0.467 e. The second-order valence-corrected chi connectivity index (χ2v) is 6.54. The zero-order valence-electron chi connectivity index (χ0n) is 15.1. The van der Waals surface area contributed by atoms with Crippen LogP contribution in [-0.4, -0.2) is 19.2 Å². The number of rotatable bonds is 4. The molecule has 1 atom stereocenters. The Balaban J connectivity index is 1.94. The number of carbonyl (C=O) groups excluding carboxylic acids is 1. The van der Waals surface area contributed by atoms with Crippen LogP contribution in [0.5, 0.6) is 0 Å². The number of nitrogens with zero attached hydrogens (tertiary/aromatic N) is 1. The first kappa shape index (κ1) is 17.3. The molecule has 136 valence electrons. The molecule has 0 radical (unpaired) electrons. The first-order valence-electron chi connectivity index (χ1n) is 8.96. The lowest BCUT2D eigenvalue weighted by Gasteiger charge is -2.38. The van der Waals surface area contributed by atoms with Gasteiger partial charge < -0.3 is 4.74 Å². The Morgan fingerprint density at radius 3 is 1.85 bits per heavy atom. The molecule has 0 N–H and O–H groups in total. The molecule has 1 aliphatic heterocycles. The van der Waals surface area contributed by atoms with Crippen LogP contribution in [0.15, 0.2) is 91.0 Å².